The number of nitrogens with one attached hydrogen (secondary N) is 1. The maximum absolute atomic E-state index is 11.4. The molecule has 0 aliphatic heterocycles. The maximum Gasteiger partial charge on any atom is 0.408 e. The van der Waals surface area contributed by atoms with Gasteiger partial charge in [0, 0.05) is 6.42 Å². The van der Waals surface area contributed by atoms with Gasteiger partial charge in [0.2, 0.25) is 0 Å². The van der Waals surface area contributed by atoms with Crippen molar-refractivity contribution in [3.05, 3.63) is 24.2 Å². The van der Waals surface area contributed by atoms with E-state index >= 15 is 0 Å². The van der Waals surface area contributed by atoms with Crippen LogP contribution in [0.4, 0.5) is 4.79 Å². The highest BCUT2D eigenvalue weighted by Gasteiger charge is 2.21. The molecule has 6 nitrogen and oxygen atoms in total. The molecule has 1 rings (SSSR count). The Morgan fingerprint density at radius 1 is 1.50 bits per heavy atom. The fourth-order valence-electron chi connectivity index (χ4n) is 1.27. The first-order chi connectivity index (χ1) is 8.28. The molecule has 0 saturated carbocycles. The second-order valence-electron chi connectivity index (χ2n) is 4.80. The van der Waals surface area contributed by atoms with Crippen molar-refractivity contribution in [3.8, 4) is 0 Å². The molecule has 0 aliphatic carbocycles. The quantitative estimate of drug-likeness (QED) is 0.843. The van der Waals surface area contributed by atoms with Crippen LogP contribution < -0.4 is 10.4 Å². The number of carbonyl (C=O) groups is 2. The predicted octanol–water partition coefficient (Wildman–Crippen LogP) is 0.465. The van der Waals surface area contributed by atoms with E-state index in [-0.39, 0.29) is 6.42 Å². The third kappa shape index (κ3) is 4.90. The van der Waals surface area contributed by atoms with E-state index in [9.17, 15) is 14.7 Å². The van der Waals surface area contributed by atoms with Crippen molar-refractivity contribution in [1.82, 2.24) is 5.32 Å². The number of alkyl carbamates (subject to hydrolysis) is 1. The van der Waals surface area contributed by atoms with Crippen molar-refractivity contribution in [2.45, 2.75) is 38.8 Å². The van der Waals surface area contributed by atoms with Crippen LogP contribution in [-0.2, 0) is 16.0 Å². The van der Waals surface area contributed by atoms with Crippen LogP contribution in [0.25, 0.3) is 0 Å². The van der Waals surface area contributed by atoms with Crippen molar-refractivity contribution < 1.29 is 23.8 Å². The molecule has 0 aliphatic rings. The summed E-state index contributed by atoms with van der Waals surface area (Å²) in [6.07, 6.45) is 0.632. The molecule has 0 saturated heterocycles. The van der Waals surface area contributed by atoms with E-state index in [0.717, 1.165) is 0 Å². The first-order valence-electron chi connectivity index (χ1n) is 5.50. The predicted molar refractivity (Wildman–Crippen MR) is 60.6 cm³/mol. The monoisotopic (exact) mass is 254 g/mol. The lowest BCUT2D eigenvalue weighted by Crippen LogP contribution is -2.50. The number of ether oxygens (including phenoxy) is 1. The van der Waals surface area contributed by atoms with Gasteiger partial charge in [0.05, 0.1) is 18.3 Å². The normalized spacial score (nSPS) is 12.8. The Bertz CT molecular complexity index is 405. The third-order valence-electron chi connectivity index (χ3n) is 1.96. The number of hydrogen-bond donors (Lipinski definition) is 1. The van der Waals surface area contributed by atoms with Crippen LogP contribution >= 0.6 is 0 Å². The van der Waals surface area contributed by atoms with Crippen LogP contribution in [-0.4, -0.2) is 23.7 Å². The molecule has 18 heavy (non-hydrogen) atoms. The SMILES string of the molecule is CC(C)(C)OC(=O)N[C@H](Cc1ccco1)C(=O)[O-]. The minimum atomic E-state index is -1.39. The molecule has 1 amide bonds. The molecule has 0 unspecified atom stereocenters. The summed E-state index contributed by atoms with van der Waals surface area (Å²) in [5.41, 5.74) is -0.689. The first kappa shape index (κ1) is 14.1. The van der Waals surface area contributed by atoms with Gasteiger partial charge in [-0.25, -0.2) is 4.79 Å². The van der Waals surface area contributed by atoms with Crippen molar-refractivity contribution in [1.29, 1.82) is 0 Å². The lowest BCUT2D eigenvalue weighted by atomic mass is 10.1. The number of carbonyl (C=O) groups excluding carboxylic acids is 2. The lowest BCUT2D eigenvalue weighted by Gasteiger charge is -2.23. The topological polar surface area (TPSA) is 91.6 Å². The average Bonchev–Trinajstić information content (AvgIpc) is 2.66. The first-order valence-corrected chi connectivity index (χ1v) is 5.50. The van der Waals surface area contributed by atoms with Crippen molar-refractivity contribution >= 4 is 12.1 Å². The largest absolute Gasteiger partial charge is 0.548 e. The number of aliphatic carboxylic acids is 1. The maximum atomic E-state index is 11.4. The third-order valence-corrected chi connectivity index (χ3v) is 1.96. The van der Waals surface area contributed by atoms with Crippen LogP contribution in [0.5, 0.6) is 0 Å². The second-order valence-corrected chi connectivity index (χ2v) is 4.80. The highest BCUT2D eigenvalue weighted by atomic mass is 16.6. The molecule has 0 radical (unpaired) electrons. The summed E-state index contributed by atoms with van der Waals surface area (Å²) in [6, 6.07) is 2.06. The minimum Gasteiger partial charge on any atom is -0.548 e. The van der Waals surface area contributed by atoms with Crippen LogP contribution in [0.1, 0.15) is 26.5 Å². The van der Waals surface area contributed by atoms with Gasteiger partial charge in [0.25, 0.3) is 0 Å². The van der Waals surface area contributed by atoms with Gasteiger partial charge in [0.1, 0.15) is 11.4 Å². The Hall–Kier alpha value is -1.98. The standard InChI is InChI=1S/C12H17NO5/c1-12(2,3)18-11(16)13-9(10(14)15)7-8-5-4-6-17-8/h4-6,9H,7H2,1-3H3,(H,13,16)(H,14,15)/p-1/t9-/m1/s1. The zero-order valence-corrected chi connectivity index (χ0v) is 10.6. The van der Waals surface area contributed by atoms with E-state index < -0.39 is 23.7 Å². The minimum absolute atomic E-state index is 0.00851. The lowest BCUT2D eigenvalue weighted by molar-refractivity contribution is -0.308. The summed E-state index contributed by atoms with van der Waals surface area (Å²) in [6.45, 7) is 5.06. The molecular weight excluding hydrogens is 238 g/mol. The summed E-state index contributed by atoms with van der Waals surface area (Å²) in [5.74, 6) is -0.947. The zero-order chi connectivity index (χ0) is 13.8. The molecule has 1 heterocycles. The van der Waals surface area contributed by atoms with E-state index in [0.29, 0.717) is 5.76 Å². The van der Waals surface area contributed by atoms with Crippen LogP contribution in [0, 0.1) is 0 Å². The fraction of sp³-hybridized carbons (Fsp3) is 0.500. The Labute approximate surface area is 105 Å². The number of carboxylic acids is 1. The Morgan fingerprint density at radius 3 is 2.61 bits per heavy atom. The summed E-state index contributed by atoms with van der Waals surface area (Å²) in [7, 11) is 0. The van der Waals surface area contributed by atoms with Crippen molar-refractivity contribution in [3.63, 3.8) is 0 Å². The molecule has 1 N–H and O–H groups in total. The number of furan rings is 1. The van der Waals surface area contributed by atoms with Crippen molar-refractivity contribution in [2.75, 3.05) is 0 Å². The molecule has 0 fully saturated rings. The Morgan fingerprint density at radius 2 is 2.17 bits per heavy atom. The van der Waals surface area contributed by atoms with Gasteiger partial charge in [0.15, 0.2) is 0 Å². The van der Waals surface area contributed by atoms with Gasteiger partial charge in [-0.15, -0.1) is 0 Å². The Kier molecular flexibility index (Phi) is 4.36. The molecule has 100 valence electrons. The zero-order valence-electron chi connectivity index (χ0n) is 10.6. The molecule has 0 aromatic carbocycles. The number of hydrogen-bond acceptors (Lipinski definition) is 5. The Balaban J connectivity index is 2.58. The number of rotatable bonds is 4. The van der Waals surface area contributed by atoms with Crippen LogP contribution in [0.3, 0.4) is 0 Å². The van der Waals surface area contributed by atoms with Gasteiger partial charge in [-0.1, -0.05) is 0 Å². The van der Waals surface area contributed by atoms with Gasteiger partial charge < -0.3 is 24.4 Å². The number of carboxylic acid groups (broad SMARTS) is 1. The van der Waals surface area contributed by atoms with Gasteiger partial charge >= 0.3 is 6.09 Å². The summed E-state index contributed by atoms with van der Waals surface area (Å²) in [4.78, 5) is 22.4. The van der Waals surface area contributed by atoms with Crippen molar-refractivity contribution in [2.24, 2.45) is 0 Å². The molecule has 1 atom stereocenters. The van der Waals surface area contributed by atoms with Gasteiger partial charge in [-0.05, 0) is 32.9 Å². The molecule has 1 aromatic rings. The molecule has 0 bridgehead atoms. The highest BCUT2D eigenvalue weighted by molar-refractivity contribution is 5.78. The summed E-state index contributed by atoms with van der Waals surface area (Å²) >= 11 is 0. The number of amides is 1. The van der Waals surface area contributed by atoms with E-state index in [1.807, 2.05) is 0 Å². The van der Waals surface area contributed by atoms with E-state index in [1.165, 1.54) is 6.26 Å². The summed E-state index contributed by atoms with van der Waals surface area (Å²) < 4.78 is 9.98. The fourth-order valence-corrected chi connectivity index (χ4v) is 1.27. The van der Waals surface area contributed by atoms with Gasteiger partial charge in [-0.2, -0.15) is 0 Å². The second kappa shape index (κ2) is 5.57. The summed E-state index contributed by atoms with van der Waals surface area (Å²) in [5, 5.41) is 13.1. The van der Waals surface area contributed by atoms with Crippen LogP contribution in [0.2, 0.25) is 0 Å². The highest BCUT2D eigenvalue weighted by Crippen LogP contribution is 2.08. The van der Waals surface area contributed by atoms with E-state index in [1.54, 1.807) is 32.9 Å². The molecular formula is C12H16NO5-. The smallest absolute Gasteiger partial charge is 0.408 e. The molecule has 6 heteroatoms. The molecule has 0 spiro atoms. The van der Waals surface area contributed by atoms with Gasteiger partial charge in [-0.3, -0.25) is 0 Å². The van der Waals surface area contributed by atoms with E-state index in [4.69, 9.17) is 9.15 Å². The molecule has 1 aromatic heterocycles. The van der Waals surface area contributed by atoms with Crippen LogP contribution in [0.15, 0.2) is 22.8 Å². The average molecular weight is 254 g/mol. The van der Waals surface area contributed by atoms with E-state index in [2.05, 4.69) is 5.32 Å².